The number of rotatable bonds is 9. The van der Waals surface area contributed by atoms with E-state index in [2.05, 4.69) is 35.8 Å². The Bertz CT molecular complexity index is 1090. The van der Waals surface area contributed by atoms with E-state index in [1.807, 2.05) is 19.9 Å². The number of carbonyl (C=O) groups excluding carboxylic acids is 1. The number of nitrogens with zero attached hydrogens (tertiary/aromatic N) is 6. The smallest absolute Gasteiger partial charge is 0.293 e. The Morgan fingerprint density at radius 2 is 2.10 bits per heavy atom. The number of hydrogen-bond acceptors (Lipinski definition) is 10. The molecule has 2 aromatic heterocycles. The summed E-state index contributed by atoms with van der Waals surface area (Å²) in [6.07, 6.45) is 1.26. The highest BCUT2D eigenvalue weighted by Crippen LogP contribution is 2.28. The number of nitrogen functional groups attached to an aromatic ring is 1. The van der Waals surface area contributed by atoms with Gasteiger partial charge in [-0.25, -0.2) is 10.1 Å². The Hall–Kier alpha value is -3.96. The van der Waals surface area contributed by atoms with Crippen LogP contribution in [-0.4, -0.2) is 50.6 Å². The summed E-state index contributed by atoms with van der Waals surface area (Å²) in [4.78, 5) is 12.7. The average molecular weight is 428 g/mol. The van der Waals surface area contributed by atoms with E-state index >= 15 is 0 Å². The van der Waals surface area contributed by atoms with Crippen LogP contribution in [0.3, 0.4) is 0 Å². The van der Waals surface area contributed by atoms with Gasteiger partial charge in [-0.05, 0) is 48.8 Å². The zero-order valence-corrected chi connectivity index (χ0v) is 17.7. The van der Waals surface area contributed by atoms with Crippen LogP contribution in [0, 0.1) is 0 Å². The van der Waals surface area contributed by atoms with Gasteiger partial charge in [-0.15, -0.1) is 5.10 Å². The molecule has 0 aliphatic heterocycles. The molecular weight excluding hydrogens is 404 g/mol. The van der Waals surface area contributed by atoms with E-state index in [4.69, 9.17) is 15.2 Å². The molecule has 2 heterocycles. The lowest BCUT2D eigenvalue weighted by molar-refractivity contribution is 0.0948. The molecule has 12 nitrogen and oxygen atoms in total. The number of hydrazone groups is 1. The van der Waals surface area contributed by atoms with Gasteiger partial charge in [0.05, 0.1) is 25.1 Å². The minimum atomic E-state index is -0.512. The van der Waals surface area contributed by atoms with Crippen molar-refractivity contribution >= 4 is 17.4 Å². The number of nitrogens with two attached hydrogens (primary N) is 1. The van der Waals surface area contributed by atoms with Gasteiger partial charge in [0.25, 0.3) is 5.91 Å². The van der Waals surface area contributed by atoms with Crippen LogP contribution in [-0.2, 0) is 6.42 Å². The monoisotopic (exact) mass is 428 g/mol. The average Bonchev–Trinajstić information content (AvgIpc) is 3.38. The number of methoxy groups -OCH3 is 1. The molecule has 0 aliphatic carbocycles. The quantitative estimate of drug-likeness (QED) is 0.383. The lowest BCUT2D eigenvalue weighted by Gasteiger charge is -2.11. The topological polar surface area (TPSA) is 156 Å². The summed E-state index contributed by atoms with van der Waals surface area (Å²) >= 11 is 0. The molecule has 0 bridgehead atoms. The summed E-state index contributed by atoms with van der Waals surface area (Å²) in [5.41, 5.74) is 10.2. The van der Waals surface area contributed by atoms with Crippen molar-refractivity contribution in [2.75, 3.05) is 19.5 Å². The van der Waals surface area contributed by atoms with Crippen LogP contribution < -0.4 is 20.6 Å². The lowest BCUT2D eigenvalue weighted by atomic mass is 10.1. The number of anilines is 1. The maximum atomic E-state index is 12.7. The van der Waals surface area contributed by atoms with Crippen LogP contribution in [0.2, 0.25) is 0 Å². The summed E-state index contributed by atoms with van der Waals surface area (Å²) in [5.74, 6) is 0.922. The number of hydrogen-bond donors (Lipinski definition) is 2. The lowest BCUT2D eigenvalue weighted by Crippen LogP contribution is -2.21. The van der Waals surface area contributed by atoms with E-state index in [9.17, 15) is 4.79 Å². The van der Waals surface area contributed by atoms with Crippen molar-refractivity contribution in [3.8, 4) is 17.3 Å². The molecule has 3 N–H and O–H groups in total. The van der Waals surface area contributed by atoms with E-state index in [1.54, 1.807) is 26.2 Å². The van der Waals surface area contributed by atoms with Crippen LogP contribution in [0.4, 0.5) is 5.82 Å². The molecule has 0 unspecified atom stereocenters. The van der Waals surface area contributed by atoms with Crippen LogP contribution in [0.25, 0.3) is 5.82 Å². The number of ether oxygens (including phenoxy) is 2. The van der Waals surface area contributed by atoms with Crippen molar-refractivity contribution in [2.24, 2.45) is 5.10 Å². The number of amides is 1. The molecule has 0 saturated carbocycles. The van der Waals surface area contributed by atoms with Gasteiger partial charge in [-0.2, -0.15) is 9.78 Å². The molecule has 0 atom stereocenters. The molecule has 0 radical (unpaired) electrons. The highest BCUT2D eigenvalue weighted by Gasteiger charge is 2.23. The second kappa shape index (κ2) is 9.69. The minimum Gasteiger partial charge on any atom is -0.493 e. The first-order valence-corrected chi connectivity index (χ1v) is 9.68. The molecule has 1 amide bonds. The number of carbonyl (C=O) groups is 1. The van der Waals surface area contributed by atoms with Gasteiger partial charge in [-0.1, -0.05) is 18.6 Å². The first kappa shape index (κ1) is 21.7. The molecule has 0 fully saturated rings. The van der Waals surface area contributed by atoms with Gasteiger partial charge in [0.1, 0.15) is 0 Å². The van der Waals surface area contributed by atoms with Crippen molar-refractivity contribution in [2.45, 2.75) is 33.6 Å². The van der Waals surface area contributed by atoms with Crippen molar-refractivity contribution in [1.82, 2.24) is 30.7 Å². The number of aromatic nitrogens is 5. The van der Waals surface area contributed by atoms with E-state index in [-0.39, 0.29) is 17.3 Å². The first-order valence-electron chi connectivity index (χ1n) is 9.68. The molecule has 0 saturated heterocycles. The van der Waals surface area contributed by atoms with Crippen molar-refractivity contribution in [3.63, 3.8) is 0 Å². The van der Waals surface area contributed by atoms with Gasteiger partial charge in [0.2, 0.25) is 11.6 Å². The molecule has 12 heteroatoms. The number of nitrogens with one attached hydrogen (secondary N) is 1. The molecule has 3 rings (SSSR count). The zero-order chi connectivity index (χ0) is 22.4. The van der Waals surface area contributed by atoms with Crippen LogP contribution >= 0.6 is 0 Å². The summed E-state index contributed by atoms with van der Waals surface area (Å²) in [6.45, 7) is 6.15. The molecular formula is C19H24N8O4. The predicted molar refractivity (Wildman–Crippen MR) is 111 cm³/mol. The summed E-state index contributed by atoms with van der Waals surface area (Å²) < 4.78 is 16.8. The summed E-state index contributed by atoms with van der Waals surface area (Å²) in [5, 5.41) is 19.4. The highest BCUT2D eigenvalue weighted by atomic mass is 16.6. The Balaban J connectivity index is 1.82. The normalized spacial score (nSPS) is 11.4. The largest absolute Gasteiger partial charge is 0.493 e. The van der Waals surface area contributed by atoms with E-state index in [1.165, 1.54) is 4.68 Å². The van der Waals surface area contributed by atoms with Crippen molar-refractivity contribution in [3.05, 3.63) is 35.2 Å². The molecule has 164 valence electrons. The van der Waals surface area contributed by atoms with Crippen LogP contribution in [0.5, 0.6) is 11.5 Å². The predicted octanol–water partition coefficient (Wildman–Crippen LogP) is 1.75. The number of benzene rings is 1. The summed E-state index contributed by atoms with van der Waals surface area (Å²) in [6, 6.07) is 5.41. The van der Waals surface area contributed by atoms with E-state index < -0.39 is 5.91 Å². The second-order valence-electron chi connectivity index (χ2n) is 6.46. The maximum Gasteiger partial charge on any atom is 0.293 e. The zero-order valence-electron chi connectivity index (χ0n) is 17.7. The standard InChI is InChI=1S/C19H24N8O4/c1-5-7-13-16(22-26-27(13)18-17(20)24-31-25-18)19(28)23-21-11(3)12-8-9-14(30-6-2)15(10-12)29-4/h8-10H,5-7H2,1-4H3,(H2,20,24)(H,23,28)/b21-11+. The van der Waals surface area contributed by atoms with Gasteiger partial charge in [-0.3, -0.25) is 4.79 Å². The fourth-order valence-corrected chi connectivity index (χ4v) is 2.87. The summed E-state index contributed by atoms with van der Waals surface area (Å²) in [7, 11) is 1.56. The van der Waals surface area contributed by atoms with E-state index in [0.717, 1.165) is 12.0 Å². The Morgan fingerprint density at radius 1 is 1.29 bits per heavy atom. The van der Waals surface area contributed by atoms with Crippen molar-refractivity contribution < 1.29 is 18.9 Å². The fourth-order valence-electron chi connectivity index (χ4n) is 2.87. The Morgan fingerprint density at radius 3 is 2.74 bits per heavy atom. The van der Waals surface area contributed by atoms with Gasteiger partial charge in [0, 0.05) is 5.56 Å². The first-order chi connectivity index (χ1) is 15.0. The molecule has 1 aromatic carbocycles. The SMILES string of the molecule is CCCc1c(C(=O)N/N=C(\C)c2ccc(OCC)c(OC)c2)nnn1-c1nonc1N. The van der Waals surface area contributed by atoms with E-state index in [0.29, 0.717) is 35.9 Å². The maximum absolute atomic E-state index is 12.7. The molecule has 0 aliphatic rings. The van der Waals surface area contributed by atoms with Crippen LogP contribution in [0.1, 0.15) is 48.9 Å². The van der Waals surface area contributed by atoms with Gasteiger partial charge in [0.15, 0.2) is 17.2 Å². The highest BCUT2D eigenvalue weighted by molar-refractivity contribution is 6.01. The second-order valence-corrected chi connectivity index (χ2v) is 6.46. The fraction of sp³-hybridized carbons (Fsp3) is 0.368. The Labute approximate surface area is 178 Å². The molecule has 3 aromatic rings. The third-order valence-corrected chi connectivity index (χ3v) is 4.37. The van der Waals surface area contributed by atoms with Crippen molar-refractivity contribution in [1.29, 1.82) is 0 Å². The minimum absolute atomic E-state index is 0.0486. The Kier molecular flexibility index (Phi) is 6.80. The molecule has 31 heavy (non-hydrogen) atoms. The third-order valence-electron chi connectivity index (χ3n) is 4.37. The van der Waals surface area contributed by atoms with Gasteiger partial charge < -0.3 is 15.2 Å². The van der Waals surface area contributed by atoms with Crippen LogP contribution in [0.15, 0.2) is 27.9 Å². The third kappa shape index (κ3) is 4.63. The molecule has 0 spiro atoms. The van der Waals surface area contributed by atoms with Gasteiger partial charge >= 0.3 is 0 Å².